The van der Waals surface area contributed by atoms with Crippen LogP contribution in [0.1, 0.15) is 13.8 Å². The number of halogens is 7. The Kier molecular flexibility index (Phi) is 5.98. The van der Waals surface area contributed by atoms with Crippen molar-refractivity contribution in [3.8, 4) is 0 Å². The van der Waals surface area contributed by atoms with Crippen molar-refractivity contribution in [3.63, 3.8) is 0 Å². The zero-order valence-electron chi connectivity index (χ0n) is 13.6. The highest BCUT2D eigenvalue weighted by Gasteiger charge is 2.68. The molecule has 1 rings (SSSR count). The van der Waals surface area contributed by atoms with Crippen LogP contribution in [0.5, 0.6) is 0 Å². The van der Waals surface area contributed by atoms with Crippen molar-refractivity contribution in [3.05, 3.63) is 30.1 Å². The quantitative estimate of drug-likeness (QED) is 0.360. The minimum Gasteiger partial charge on any atom is -0.294 e. The standard InChI is InChI=1S/C13H14F7N3O2S/c1-8(21-11(2,12(15,16)17)13(18,19)20)22-23(3)26(24,25)10-6-4-5-9(14)7-10/h4-7H,1-3H3,(H,21,22). The van der Waals surface area contributed by atoms with Crippen LogP contribution in [0, 0.1) is 5.82 Å². The van der Waals surface area contributed by atoms with Crippen LogP contribution < -0.4 is 5.43 Å². The molecule has 0 unspecified atom stereocenters. The highest BCUT2D eigenvalue weighted by molar-refractivity contribution is 7.89. The van der Waals surface area contributed by atoms with Crippen molar-refractivity contribution < 1.29 is 39.2 Å². The third-order valence-electron chi connectivity index (χ3n) is 3.27. The van der Waals surface area contributed by atoms with Crippen molar-refractivity contribution in [2.24, 2.45) is 4.99 Å². The lowest BCUT2D eigenvalue weighted by Gasteiger charge is -2.31. The lowest BCUT2D eigenvalue weighted by atomic mass is 10.0. The van der Waals surface area contributed by atoms with E-state index in [1.165, 1.54) is 0 Å². The Bertz CT molecular complexity index is 774. The number of benzene rings is 1. The highest BCUT2D eigenvalue weighted by Crippen LogP contribution is 2.45. The van der Waals surface area contributed by atoms with E-state index in [0.717, 1.165) is 32.2 Å². The normalized spacial score (nSPS) is 14.7. The van der Waals surface area contributed by atoms with Crippen molar-refractivity contribution in [2.75, 3.05) is 7.05 Å². The first-order chi connectivity index (χ1) is 11.5. The van der Waals surface area contributed by atoms with E-state index >= 15 is 0 Å². The monoisotopic (exact) mass is 409 g/mol. The van der Waals surface area contributed by atoms with Crippen LogP contribution in [0.15, 0.2) is 34.2 Å². The molecule has 0 aliphatic heterocycles. The third-order valence-corrected chi connectivity index (χ3v) is 4.93. The average molecular weight is 409 g/mol. The first kappa shape index (κ1) is 22.2. The average Bonchev–Trinajstić information content (AvgIpc) is 2.44. The molecular formula is C13H14F7N3O2S. The van der Waals surface area contributed by atoms with Gasteiger partial charge in [-0.15, -0.1) is 4.41 Å². The predicted molar refractivity (Wildman–Crippen MR) is 78.1 cm³/mol. The Morgan fingerprint density at radius 1 is 1.12 bits per heavy atom. The van der Waals surface area contributed by atoms with E-state index in [-0.39, 0.29) is 11.3 Å². The lowest BCUT2D eigenvalue weighted by Crippen LogP contribution is -2.54. The molecule has 0 aliphatic carbocycles. The lowest BCUT2D eigenvalue weighted by molar-refractivity contribution is -0.289. The molecule has 0 atom stereocenters. The van der Waals surface area contributed by atoms with Crippen LogP contribution in [-0.2, 0) is 10.0 Å². The second-order valence-corrected chi connectivity index (χ2v) is 7.28. The number of alkyl halides is 6. The summed E-state index contributed by atoms with van der Waals surface area (Å²) in [6.45, 7) is 0.548. The Morgan fingerprint density at radius 3 is 2.04 bits per heavy atom. The predicted octanol–water partition coefficient (Wildman–Crippen LogP) is 3.25. The van der Waals surface area contributed by atoms with E-state index in [0.29, 0.717) is 6.07 Å². The molecule has 5 nitrogen and oxygen atoms in total. The van der Waals surface area contributed by atoms with Gasteiger partial charge in [-0.05, 0) is 32.0 Å². The van der Waals surface area contributed by atoms with E-state index in [2.05, 4.69) is 4.99 Å². The summed E-state index contributed by atoms with van der Waals surface area (Å²) in [6, 6.07) is 3.66. The molecule has 0 fully saturated rings. The van der Waals surface area contributed by atoms with Gasteiger partial charge in [-0.25, -0.2) is 17.8 Å². The number of hydrogen-bond donors (Lipinski definition) is 1. The van der Waals surface area contributed by atoms with E-state index in [9.17, 15) is 39.2 Å². The molecule has 1 aromatic carbocycles. The second kappa shape index (κ2) is 7.02. The minimum atomic E-state index is -5.77. The van der Waals surface area contributed by atoms with Crippen LogP contribution in [0.25, 0.3) is 0 Å². The molecule has 148 valence electrons. The SMILES string of the molecule is CC(=NC(C)(C(F)(F)F)C(F)(F)F)NN(C)S(=O)(=O)c1cccc(F)c1. The maximum Gasteiger partial charge on any atom is 0.422 e. The fourth-order valence-electron chi connectivity index (χ4n) is 1.72. The summed E-state index contributed by atoms with van der Waals surface area (Å²) in [7, 11) is -3.63. The molecule has 0 heterocycles. The summed E-state index contributed by atoms with van der Waals surface area (Å²) in [5, 5.41) is 0. The smallest absolute Gasteiger partial charge is 0.294 e. The third kappa shape index (κ3) is 4.44. The first-order valence-electron chi connectivity index (χ1n) is 6.73. The maximum atomic E-state index is 13.1. The Balaban J connectivity index is 3.19. The van der Waals surface area contributed by atoms with Crippen molar-refractivity contribution in [2.45, 2.75) is 36.6 Å². The number of hydrogen-bond acceptors (Lipinski definition) is 3. The Labute approximate surface area is 144 Å². The molecule has 0 radical (unpaired) electrons. The van der Waals surface area contributed by atoms with Gasteiger partial charge in [-0.1, -0.05) is 6.07 Å². The second-order valence-electron chi connectivity index (χ2n) is 5.31. The zero-order chi connectivity index (χ0) is 20.6. The molecule has 1 N–H and O–H groups in total. The molecule has 26 heavy (non-hydrogen) atoms. The van der Waals surface area contributed by atoms with Gasteiger partial charge in [-0.3, -0.25) is 5.43 Å². The molecule has 0 saturated heterocycles. The molecule has 1 aromatic rings. The van der Waals surface area contributed by atoms with E-state index in [1.54, 1.807) is 0 Å². The first-order valence-corrected chi connectivity index (χ1v) is 8.17. The van der Waals surface area contributed by atoms with Gasteiger partial charge in [0.1, 0.15) is 11.7 Å². The van der Waals surface area contributed by atoms with E-state index in [4.69, 9.17) is 0 Å². The molecule has 13 heteroatoms. The number of nitrogens with one attached hydrogen (secondary N) is 1. The fraction of sp³-hybridized carbons (Fsp3) is 0.462. The van der Waals surface area contributed by atoms with Crippen LogP contribution in [0.3, 0.4) is 0 Å². The summed E-state index contributed by atoms with van der Waals surface area (Å²) in [5.74, 6) is -1.86. The van der Waals surface area contributed by atoms with E-state index in [1.807, 2.05) is 5.43 Å². The van der Waals surface area contributed by atoms with Crippen LogP contribution in [0.2, 0.25) is 0 Å². The molecule has 0 amide bonds. The van der Waals surface area contributed by atoms with Gasteiger partial charge in [0.25, 0.3) is 10.0 Å². The zero-order valence-corrected chi connectivity index (χ0v) is 14.4. The summed E-state index contributed by atoms with van der Waals surface area (Å²) in [5.41, 5.74) is -2.63. The topological polar surface area (TPSA) is 61.8 Å². The summed E-state index contributed by atoms with van der Waals surface area (Å²) in [6.07, 6.45) is -11.5. The largest absolute Gasteiger partial charge is 0.422 e. The Morgan fingerprint density at radius 2 is 1.62 bits per heavy atom. The van der Waals surface area contributed by atoms with Crippen molar-refractivity contribution >= 4 is 15.9 Å². The minimum absolute atomic E-state index is 0.181. The van der Waals surface area contributed by atoms with Crippen molar-refractivity contribution in [1.82, 2.24) is 9.84 Å². The summed E-state index contributed by atoms with van der Waals surface area (Å²) in [4.78, 5) is 2.03. The molecule has 0 aromatic heterocycles. The molecular weight excluding hydrogens is 395 g/mol. The van der Waals surface area contributed by atoms with Gasteiger partial charge in [0, 0.05) is 7.05 Å². The molecule has 0 spiro atoms. The van der Waals surface area contributed by atoms with Crippen molar-refractivity contribution in [1.29, 1.82) is 0 Å². The van der Waals surface area contributed by atoms with Crippen LogP contribution in [-0.4, -0.2) is 43.6 Å². The highest BCUT2D eigenvalue weighted by atomic mass is 32.2. The summed E-state index contributed by atoms with van der Waals surface area (Å²) >= 11 is 0. The number of sulfonamides is 1. The number of nitrogens with zero attached hydrogens (tertiary/aromatic N) is 2. The fourth-order valence-corrected chi connectivity index (χ4v) is 2.80. The number of rotatable bonds is 4. The van der Waals surface area contributed by atoms with Gasteiger partial charge in [0.05, 0.1) is 4.90 Å². The van der Waals surface area contributed by atoms with Gasteiger partial charge < -0.3 is 0 Å². The van der Waals surface area contributed by atoms with Gasteiger partial charge >= 0.3 is 12.4 Å². The number of amidine groups is 1. The Hall–Kier alpha value is -1.89. The van der Waals surface area contributed by atoms with Crippen LogP contribution in [0.4, 0.5) is 30.7 Å². The van der Waals surface area contributed by atoms with Crippen LogP contribution >= 0.6 is 0 Å². The van der Waals surface area contributed by atoms with Gasteiger partial charge in [-0.2, -0.15) is 26.3 Å². The number of hydrazine groups is 1. The number of aliphatic imine (C=N–C) groups is 1. The molecule has 0 bridgehead atoms. The van der Waals surface area contributed by atoms with Gasteiger partial charge in [0.2, 0.25) is 5.54 Å². The van der Waals surface area contributed by atoms with Gasteiger partial charge in [0.15, 0.2) is 0 Å². The summed E-state index contributed by atoms with van der Waals surface area (Å²) < 4.78 is 115. The maximum absolute atomic E-state index is 13.1. The molecule has 0 saturated carbocycles. The van der Waals surface area contributed by atoms with E-state index < -0.39 is 44.5 Å². The molecule has 0 aliphatic rings.